The lowest BCUT2D eigenvalue weighted by Gasteiger charge is -2.16. The maximum Gasteiger partial charge on any atom is 0.441 e. The van der Waals surface area contributed by atoms with Crippen LogP contribution < -0.4 is 5.32 Å². The summed E-state index contributed by atoms with van der Waals surface area (Å²) in [6.07, 6.45) is 0. The van der Waals surface area contributed by atoms with Gasteiger partial charge in [0, 0.05) is 23.9 Å². The Morgan fingerprint density at radius 1 is 1.39 bits per heavy atom. The Bertz CT molecular complexity index is 395. The molecule has 0 heterocycles. The summed E-state index contributed by atoms with van der Waals surface area (Å²) >= 11 is -0.0476. The van der Waals surface area contributed by atoms with E-state index >= 15 is 0 Å². The summed E-state index contributed by atoms with van der Waals surface area (Å²) in [6.45, 7) is 3.91. The van der Waals surface area contributed by atoms with Crippen LogP contribution in [-0.4, -0.2) is 22.9 Å². The predicted molar refractivity (Wildman–Crippen MR) is 67.8 cm³/mol. The molecule has 1 aromatic rings. The van der Waals surface area contributed by atoms with Crippen molar-refractivity contribution >= 4 is 11.8 Å². The van der Waals surface area contributed by atoms with E-state index < -0.39 is 5.51 Å². The van der Waals surface area contributed by atoms with Gasteiger partial charge in [-0.2, -0.15) is 13.2 Å². The van der Waals surface area contributed by atoms with Crippen LogP contribution in [0.1, 0.15) is 24.1 Å². The highest BCUT2D eigenvalue weighted by molar-refractivity contribution is 8.00. The third-order valence-corrected chi connectivity index (χ3v) is 3.21. The lowest BCUT2D eigenvalue weighted by molar-refractivity contribution is -0.0327. The molecule has 0 aliphatic heterocycles. The molecule has 102 valence electrons. The van der Waals surface area contributed by atoms with Crippen LogP contribution >= 0.6 is 11.8 Å². The number of hydrogen-bond donors (Lipinski definition) is 2. The highest BCUT2D eigenvalue weighted by Crippen LogP contribution is 2.30. The minimum Gasteiger partial charge on any atom is -0.508 e. The first-order valence-corrected chi connectivity index (χ1v) is 6.52. The van der Waals surface area contributed by atoms with E-state index in [1.807, 2.05) is 19.9 Å². The maximum absolute atomic E-state index is 11.9. The highest BCUT2D eigenvalue weighted by atomic mass is 32.2. The number of aromatic hydroxyl groups is 1. The van der Waals surface area contributed by atoms with E-state index in [9.17, 15) is 18.3 Å². The van der Waals surface area contributed by atoms with E-state index in [1.165, 1.54) is 0 Å². The van der Waals surface area contributed by atoms with Gasteiger partial charge < -0.3 is 10.4 Å². The van der Waals surface area contributed by atoms with Crippen molar-refractivity contribution in [1.82, 2.24) is 5.32 Å². The van der Waals surface area contributed by atoms with Crippen molar-refractivity contribution in [2.45, 2.75) is 25.4 Å². The van der Waals surface area contributed by atoms with Crippen molar-refractivity contribution in [2.24, 2.45) is 0 Å². The summed E-state index contributed by atoms with van der Waals surface area (Å²) in [5.74, 6) is 0.124. The van der Waals surface area contributed by atoms with Crippen molar-refractivity contribution in [2.75, 3.05) is 12.3 Å². The van der Waals surface area contributed by atoms with Crippen molar-refractivity contribution in [3.05, 3.63) is 29.3 Å². The maximum atomic E-state index is 11.9. The number of phenolic OH excluding ortho intramolecular Hbond substituents is 1. The van der Waals surface area contributed by atoms with Gasteiger partial charge in [-0.15, -0.1) is 0 Å². The first-order valence-electron chi connectivity index (χ1n) is 5.53. The molecule has 0 bridgehead atoms. The molecule has 0 radical (unpaired) electrons. The smallest absolute Gasteiger partial charge is 0.441 e. The van der Waals surface area contributed by atoms with Crippen LogP contribution in [0.2, 0.25) is 0 Å². The van der Waals surface area contributed by atoms with Crippen LogP contribution in [-0.2, 0) is 0 Å². The normalized spacial score (nSPS) is 13.6. The molecular formula is C12H16F3NOS. The van der Waals surface area contributed by atoms with Gasteiger partial charge in [0.25, 0.3) is 0 Å². The fraction of sp³-hybridized carbons (Fsp3) is 0.500. The number of nitrogens with one attached hydrogen (secondary N) is 1. The number of benzene rings is 1. The third-order valence-electron chi connectivity index (χ3n) is 2.47. The number of rotatable bonds is 5. The molecule has 1 atom stereocenters. The lowest BCUT2D eigenvalue weighted by Crippen LogP contribution is -2.22. The molecule has 18 heavy (non-hydrogen) atoms. The number of phenols is 1. The van der Waals surface area contributed by atoms with Gasteiger partial charge in [-0.3, -0.25) is 0 Å². The van der Waals surface area contributed by atoms with E-state index in [1.54, 1.807) is 12.1 Å². The van der Waals surface area contributed by atoms with Crippen molar-refractivity contribution in [3.8, 4) is 5.75 Å². The molecule has 0 spiro atoms. The third kappa shape index (κ3) is 5.18. The molecule has 2 N–H and O–H groups in total. The predicted octanol–water partition coefficient (Wildman–Crippen LogP) is 3.60. The van der Waals surface area contributed by atoms with E-state index in [4.69, 9.17) is 0 Å². The van der Waals surface area contributed by atoms with E-state index in [0.29, 0.717) is 5.56 Å². The zero-order valence-corrected chi connectivity index (χ0v) is 11.0. The number of halogens is 3. The summed E-state index contributed by atoms with van der Waals surface area (Å²) in [6, 6.07) is 5.09. The van der Waals surface area contributed by atoms with Crippen LogP contribution in [0.5, 0.6) is 5.75 Å². The number of hydrogen-bond acceptors (Lipinski definition) is 3. The Morgan fingerprint density at radius 2 is 2.06 bits per heavy atom. The van der Waals surface area contributed by atoms with Gasteiger partial charge in [-0.1, -0.05) is 12.1 Å². The summed E-state index contributed by atoms with van der Waals surface area (Å²) in [7, 11) is 0. The molecule has 0 saturated carbocycles. The van der Waals surface area contributed by atoms with Gasteiger partial charge in [0.2, 0.25) is 0 Å². The largest absolute Gasteiger partial charge is 0.508 e. The number of alkyl halides is 3. The second-order valence-electron chi connectivity index (χ2n) is 4.03. The van der Waals surface area contributed by atoms with Gasteiger partial charge in [0.15, 0.2) is 0 Å². The van der Waals surface area contributed by atoms with Crippen LogP contribution in [0.25, 0.3) is 0 Å². The van der Waals surface area contributed by atoms with Gasteiger partial charge >= 0.3 is 5.51 Å². The lowest BCUT2D eigenvalue weighted by atomic mass is 10.1. The fourth-order valence-electron chi connectivity index (χ4n) is 1.57. The number of aryl methyl sites for hydroxylation is 1. The summed E-state index contributed by atoms with van der Waals surface area (Å²) < 4.78 is 35.7. The monoisotopic (exact) mass is 279 g/mol. The average molecular weight is 279 g/mol. The molecule has 1 unspecified atom stereocenters. The zero-order valence-electron chi connectivity index (χ0n) is 10.2. The quantitative estimate of drug-likeness (QED) is 0.808. The zero-order chi connectivity index (χ0) is 13.8. The second-order valence-corrected chi connectivity index (χ2v) is 5.19. The Labute approximate surface area is 109 Å². The average Bonchev–Trinajstić information content (AvgIpc) is 2.22. The van der Waals surface area contributed by atoms with Crippen LogP contribution in [0.15, 0.2) is 18.2 Å². The van der Waals surface area contributed by atoms with Crippen molar-refractivity contribution in [3.63, 3.8) is 0 Å². The fourth-order valence-corrected chi connectivity index (χ4v) is 2.02. The minimum atomic E-state index is -4.18. The van der Waals surface area contributed by atoms with Gasteiger partial charge in [0.1, 0.15) is 5.75 Å². The molecule has 1 aromatic carbocycles. The molecule has 1 rings (SSSR count). The molecule has 0 saturated heterocycles. The van der Waals surface area contributed by atoms with E-state index in [0.717, 1.165) is 5.56 Å². The van der Waals surface area contributed by atoms with Crippen LogP contribution in [0.4, 0.5) is 13.2 Å². The first-order chi connectivity index (χ1) is 8.29. The Kier molecular flexibility index (Phi) is 5.34. The molecule has 0 aliphatic carbocycles. The molecule has 0 amide bonds. The number of thioether (sulfide) groups is 1. The first kappa shape index (κ1) is 15.2. The van der Waals surface area contributed by atoms with Gasteiger partial charge in [0.05, 0.1) is 0 Å². The van der Waals surface area contributed by atoms with Crippen LogP contribution in [0, 0.1) is 6.92 Å². The minimum absolute atomic E-state index is 0.0412. The molecular weight excluding hydrogens is 263 g/mol. The Hall–Kier alpha value is -0.880. The Morgan fingerprint density at radius 3 is 2.61 bits per heavy atom. The molecule has 6 heteroatoms. The SMILES string of the molecule is Cc1ccc(C(C)NCCSC(F)(F)F)c(O)c1. The summed E-state index contributed by atoms with van der Waals surface area (Å²) in [4.78, 5) is 0. The van der Waals surface area contributed by atoms with Gasteiger partial charge in [-0.05, 0) is 37.2 Å². The molecule has 0 aliphatic rings. The molecule has 0 aromatic heterocycles. The van der Waals surface area contributed by atoms with Crippen molar-refractivity contribution in [1.29, 1.82) is 0 Å². The molecule has 2 nitrogen and oxygen atoms in total. The summed E-state index contributed by atoms with van der Waals surface area (Å²) in [5, 5.41) is 12.7. The molecule has 0 fully saturated rings. The Balaban J connectivity index is 2.43. The highest BCUT2D eigenvalue weighted by Gasteiger charge is 2.27. The van der Waals surface area contributed by atoms with Gasteiger partial charge in [-0.25, -0.2) is 0 Å². The van der Waals surface area contributed by atoms with E-state index in [-0.39, 0.29) is 35.9 Å². The standard InChI is InChI=1S/C12H16F3NOS/c1-8-3-4-10(11(17)7-8)9(2)16-5-6-18-12(13,14)15/h3-4,7,9,16-17H,5-6H2,1-2H3. The topological polar surface area (TPSA) is 32.3 Å². The van der Waals surface area contributed by atoms with E-state index in [2.05, 4.69) is 5.32 Å². The summed E-state index contributed by atoms with van der Waals surface area (Å²) in [5.41, 5.74) is -2.55. The van der Waals surface area contributed by atoms with Crippen molar-refractivity contribution < 1.29 is 18.3 Å². The second kappa shape index (κ2) is 6.33. The van der Waals surface area contributed by atoms with Crippen LogP contribution in [0.3, 0.4) is 0 Å².